The van der Waals surface area contributed by atoms with Crippen LogP contribution in [0.15, 0.2) is 66.7 Å². The standard InChI is InChI=1S/C27H31N3O3S/c1-3-33-25-12-8-7-11-24(25)28-27(32)30(22-14-15-22)19-26(31)29(17-21-9-5-4-6-10-21)18-23-16-13-20(2)34-23/h4-13,16,22H,3,14-15,17-19H2,1-2H3,(H,28,32). The van der Waals surface area contributed by atoms with Gasteiger partial charge < -0.3 is 19.9 Å². The number of nitrogens with zero attached hydrogens (tertiary/aromatic N) is 2. The van der Waals surface area contributed by atoms with E-state index in [1.54, 1.807) is 16.2 Å². The molecular formula is C27H31N3O3S. The maximum absolute atomic E-state index is 13.5. The number of thiophene rings is 1. The van der Waals surface area contributed by atoms with E-state index in [-0.39, 0.29) is 24.5 Å². The van der Waals surface area contributed by atoms with Crippen molar-refractivity contribution in [1.82, 2.24) is 9.80 Å². The first-order chi connectivity index (χ1) is 16.5. The van der Waals surface area contributed by atoms with E-state index in [9.17, 15) is 9.59 Å². The Morgan fingerprint density at radius 1 is 1.00 bits per heavy atom. The Morgan fingerprint density at radius 2 is 1.74 bits per heavy atom. The molecule has 1 heterocycles. The van der Waals surface area contributed by atoms with Crippen molar-refractivity contribution >= 4 is 29.0 Å². The number of carbonyl (C=O) groups is 2. The quantitative estimate of drug-likeness (QED) is 0.409. The number of anilines is 1. The molecule has 34 heavy (non-hydrogen) atoms. The molecule has 0 aliphatic heterocycles. The van der Waals surface area contributed by atoms with E-state index in [1.165, 1.54) is 4.88 Å². The molecule has 0 bridgehead atoms. The monoisotopic (exact) mass is 477 g/mol. The molecule has 0 atom stereocenters. The van der Waals surface area contributed by atoms with Gasteiger partial charge in [-0.15, -0.1) is 11.3 Å². The van der Waals surface area contributed by atoms with Crippen molar-refractivity contribution in [3.63, 3.8) is 0 Å². The minimum absolute atomic E-state index is 0.0461. The van der Waals surface area contributed by atoms with Crippen molar-refractivity contribution < 1.29 is 14.3 Å². The highest BCUT2D eigenvalue weighted by Crippen LogP contribution is 2.30. The summed E-state index contributed by atoms with van der Waals surface area (Å²) in [5, 5.41) is 2.96. The number of benzene rings is 2. The van der Waals surface area contributed by atoms with Crippen molar-refractivity contribution in [3.8, 4) is 5.75 Å². The molecule has 2 aromatic carbocycles. The number of hydrogen-bond donors (Lipinski definition) is 1. The molecule has 0 unspecified atom stereocenters. The van der Waals surface area contributed by atoms with Gasteiger partial charge in [0, 0.05) is 22.3 Å². The van der Waals surface area contributed by atoms with Gasteiger partial charge in [0.2, 0.25) is 5.91 Å². The molecule has 0 saturated heterocycles. The highest BCUT2D eigenvalue weighted by Gasteiger charge is 2.35. The molecule has 3 amide bonds. The predicted molar refractivity (Wildman–Crippen MR) is 136 cm³/mol. The van der Waals surface area contributed by atoms with Crippen LogP contribution in [0.3, 0.4) is 0 Å². The summed E-state index contributed by atoms with van der Waals surface area (Å²) in [6.45, 7) is 5.56. The zero-order chi connectivity index (χ0) is 23.9. The molecule has 1 aromatic heterocycles. The third-order valence-corrected chi connectivity index (χ3v) is 6.68. The van der Waals surface area contributed by atoms with Gasteiger partial charge in [0.25, 0.3) is 0 Å². The average Bonchev–Trinajstić information content (AvgIpc) is 3.60. The molecule has 1 saturated carbocycles. The third kappa shape index (κ3) is 6.38. The van der Waals surface area contributed by atoms with Gasteiger partial charge >= 0.3 is 6.03 Å². The van der Waals surface area contributed by atoms with Gasteiger partial charge in [0.1, 0.15) is 12.3 Å². The number of nitrogens with one attached hydrogen (secondary N) is 1. The second-order valence-electron chi connectivity index (χ2n) is 8.47. The van der Waals surface area contributed by atoms with Crippen LogP contribution in [0.2, 0.25) is 0 Å². The van der Waals surface area contributed by atoms with Crippen molar-refractivity contribution in [3.05, 3.63) is 82.0 Å². The van der Waals surface area contributed by atoms with E-state index in [0.29, 0.717) is 31.1 Å². The van der Waals surface area contributed by atoms with E-state index in [1.807, 2.05) is 66.4 Å². The van der Waals surface area contributed by atoms with Crippen LogP contribution >= 0.6 is 11.3 Å². The maximum atomic E-state index is 13.5. The summed E-state index contributed by atoms with van der Waals surface area (Å²) < 4.78 is 5.64. The maximum Gasteiger partial charge on any atom is 0.322 e. The molecule has 0 radical (unpaired) electrons. The lowest BCUT2D eigenvalue weighted by atomic mass is 10.2. The zero-order valence-corrected chi connectivity index (χ0v) is 20.5. The topological polar surface area (TPSA) is 61.9 Å². The number of amides is 3. The second kappa shape index (κ2) is 11.2. The van der Waals surface area contributed by atoms with Crippen LogP contribution in [-0.4, -0.2) is 40.9 Å². The second-order valence-corrected chi connectivity index (χ2v) is 9.84. The summed E-state index contributed by atoms with van der Waals surface area (Å²) in [5.41, 5.74) is 1.68. The van der Waals surface area contributed by atoms with Crippen molar-refractivity contribution in [2.75, 3.05) is 18.5 Å². The minimum atomic E-state index is -0.269. The number of urea groups is 1. The molecule has 6 nitrogen and oxygen atoms in total. The van der Waals surface area contributed by atoms with Gasteiger partial charge in [-0.2, -0.15) is 0 Å². The fourth-order valence-corrected chi connectivity index (χ4v) is 4.74. The Hall–Kier alpha value is -3.32. The Labute approximate surface area is 205 Å². The SMILES string of the molecule is CCOc1ccccc1NC(=O)N(CC(=O)N(Cc1ccccc1)Cc1ccc(C)s1)C1CC1. The first-order valence-electron chi connectivity index (χ1n) is 11.7. The van der Waals surface area contributed by atoms with Gasteiger partial charge in [0.15, 0.2) is 0 Å². The van der Waals surface area contributed by atoms with E-state index < -0.39 is 0 Å². The van der Waals surface area contributed by atoms with Gasteiger partial charge in [-0.05, 0) is 56.5 Å². The van der Waals surface area contributed by atoms with Crippen LogP contribution in [0.5, 0.6) is 5.75 Å². The Bertz CT molecular complexity index is 1110. The Morgan fingerprint density at radius 3 is 2.41 bits per heavy atom. The van der Waals surface area contributed by atoms with Crippen LogP contribution in [0.1, 0.15) is 35.1 Å². The first kappa shape index (κ1) is 23.8. The van der Waals surface area contributed by atoms with Gasteiger partial charge in [-0.3, -0.25) is 4.79 Å². The molecule has 3 aromatic rings. The predicted octanol–water partition coefficient (Wildman–Crippen LogP) is 5.68. The smallest absolute Gasteiger partial charge is 0.322 e. The number of para-hydroxylation sites is 2. The van der Waals surface area contributed by atoms with Gasteiger partial charge in [0.05, 0.1) is 18.8 Å². The van der Waals surface area contributed by atoms with Crippen molar-refractivity contribution in [2.24, 2.45) is 0 Å². The van der Waals surface area contributed by atoms with Crippen molar-refractivity contribution in [2.45, 2.75) is 45.8 Å². The van der Waals surface area contributed by atoms with Crippen LogP contribution < -0.4 is 10.1 Å². The summed E-state index contributed by atoms with van der Waals surface area (Å²) in [6, 6.07) is 21.3. The molecule has 0 spiro atoms. The third-order valence-electron chi connectivity index (χ3n) is 5.69. The highest BCUT2D eigenvalue weighted by atomic mass is 32.1. The summed E-state index contributed by atoms with van der Waals surface area (Å²) >= 11 is 1.70. The van der Waals surface area contributed by atoms with E-state index in [2.05, 4.69) is 24.4 Å². The Kier molecular flexibility index (Phi) is 7.85. The lowest BCUT2D eigenvalue weighted by Crippen LogP contribution is -2.45. The van der Waals surface area contributed by atoms with E-state index in [4.69, 9.17) is 4.74 Å². The summed E-state index contributed by atoms with van der Waals surface area (Å²) in [6.07, 6.45) is 1.83. The lowest BCUT2D eigenvalue weighted by Gasteiger charge is -2.28. The molecule has 1 aliphatic rings. The van der Waals surface area contributed by atoms with Crippen LogP contribution in [-0.2, 0) is 17.9 Å². The first-order valence-corrected chi connectivity index (χ1v) is 12.5. The number of aryl methyl sites for hydroxylation is 1. The Balaban J connectivity index is 1.49. The zero-order valence-electron chi connectivity index (χ0n) is 19.7. The summed E-state index contributed by atoms with van der Waals surface area (Å²) in [7, 11) is 0. The summed E-state index contributed by atoms with van der Waals surface area (Å²) in [4.78, 5) is 32.6. The van der Waals surface area contributed by atoms with Crippen molar-refractivity contribution in [1.29, 1.82) is 0 Å². The molecular weight excluding hydrogens is 446 g/mol. The van der Waals surface area contributed by atoms with E-state index >= 15 is 0 Å². The normalized spacial score (nSPS) is 12.8. The lowest BCUT2D eigenvalue weighted by molar-refractivity contribution is -0.133. The van der Waals surface area contributed by atoms with Gasteiger partial charge in [-0.25, -0.2) is 4.79 Å². The van der Waals surface area contributed by atoms with Gasteiger partial charge in [-0.1, -0.05) is 42.5 Å². The number of rotatable bonds is 10. The summed E-state index contributed by atoms with van der Waals surface area (Å²) in [5.74, 6) is 0.564. The number of hydrogen-bond acceptors (Lipinski definition) is 4. The number of ether oxygens (including phenoxy) is 1. The van der Waals surface area contributed by atoms with E-state index in [0.717, 1.165) is 23.3 Å². The van der Waals surface area contributed by atoms with Crippen LogP contribution in [0.4, 0.5) is 10.5 Å². The molecule has 4 rings (SSSR count). The van der Waals surface area contributed by atoms with Crippen LogP contribution in [0, 0.1) is 6.92 Å². The molecule has 7 heteroatoms. The molecule has 1 N–H and O–H groups in total. The number of carbonyl (C=O) groups excluding carboxylic acids is 2. The minimum Gasteiger partial charge on any atom is -0.492 e. The largest absolute Gasteiger partial charge is 0.492 e. The molecule has 178 valence electrons. The van der Waals surface area contributed by atoms with Crippen LogP contribution in [0.25, 0.3) is 0 Å². The fraction of sp³-hybridized carbons (Fsp3) is 0.333. The molecule has 1 aliphatic carbocycles. The highest BCUT2D eigenvalue weighted by molar-refractivity contribution is 7.11. The average molecular weight is 478 g/mol. The fourth-order valence-electron chi connectivity index (χ4n) is 3.83. The molecule has 1 fully saturated rings.